The van der Waals surface area contributed by atoms with Crippen molar-refractivity contribution in [3.05, 3.63) is 24.2 Å². The molecule has 0 aliphatic rings. The smallest absolute Gasteiger partial charge is 0.431 e. The highest BCUT2D eigenvalue weighted by molar-refractivity contribution is 7.87. The van der Waals surface area contributed by atoms with Gasteiger partial charge in [-0.1, -0.05) is 0 Å². The Hall–Kier alpha value is -1.62. The zero-order chi connectivity index (χ0) is 15.6. The Morgan fingerprint density at radius 3 is 2.40 bits per heavy atom. The van der Waals surface area contributed by atoms with E-state index in [0.717, 1.165) is 12.3 Å². The predicted octanol–water partition coefficient (Wildman–Crippen LogP) is 1.94. The fourth-order valence-corrected chi connectivity index (χ4v) is 1.55. The third-order valence-electron chi connectivity index (χ3n) is 2.12. The molecule has 0 saturated carbocycles. The van der Waals surface area contributed by atoms with E-state index in [0.29, 0.717) is 0 Å². The largest absolute Gasteiger partial charge is 0.460 e. The third-order valence-corrected chi connectivity index (χ3v) is 3.07. The normalized spacial score (nSPS) is 13.2. The van der Waals surface area contributed by atoms with E-state index < -0.39 is 40.3 Å². The first-order chi connectivity index (χ1) is 8.99. The molecule has 0 radical (unpaired) electrons. The molecule has 1 aromatic heterocycles. The van der Waals surface area contributed by atoms with Gasteiger partial charge < -0.3 is 9.15 Å². The van der Waals surface area contributed by atoms with Gasteiger partial charge in [0.05, 0.1) is 19.3 Å². The molecule has 0 aliphatic carbocycles. The van der Waals surface area contributed by atoms with Gasteiger partial charge in [-0.15, -0.1) is 0 Å². The van der Waals surface area contributed by atoms with Crippen LogP contribution in [-0.2, 0) is 14.9 Å². The number of rotatable bonds is 6. The third kappa shape index (κ3) is 3.28. The molecule has 1 aromatic rings. The number of hydrogen-bond donors (Lipinski definition) is 1. The molecular weight excluding hydrogens is 312 g/mol. The van der Waals surface area contributed by atoms with Gasteiger partial charge in [0.2, 0.25) is 5.76 Å². The standard InChI is InChI=1S/C9H8F4O6S/c10-8(11,9(12,13)20(15,16)17)3-5-19-7(14)6-2-1-4-18-6/h1-2,4H,3,5H2,(H,15,16,17). The van der Waals surface area contributed by atoms with Crippen molar-refractivity contribution in [1.82, 2.24) is 0 Å². The second-order valence-corrected chi connectivity index (χ2v) is 5.02. The molecule has 1 rings (SSSR count). The van der Waals surface area contributed by atoms with Crippen molar-refractivity contribution in [1.29, 1.82) is 0 Å². The highest BCUT2D eigenvalue weighted by Crippen LogP contribution is 2.40. The lowest BCUT2D eigenvalue weighted by atomic mass is 10.2. The average molecular weight is 320 g/mol. The monoisotopic (exact) mass is 320 g/mol. The zero-order valence-electron chi connectivity index (χ0n) is 9.55. The average Bonchev–Trinajstić information content (AvgIpc) is 2.80. The van der Waals surface area contributed by atoms with E-state index in [1.165, 1.54) is 6.07 Å². The highest BCUT2D eigenvalue weighted by atomic mass is 32.2. The molecule has 20 heavy (non-hydrogen) atoms. The Labute approximate surface area is 110 Å². The highest BCUT2D eigenvalue weighted by Gasteiger charge is 2.65. The fraction of sp³-hybridized carbons (Fsp3) is 0.444. The van der Waals surface area contributed by atoms with Gasteiger partial charge in [-0.25, -0.2) is 4.79 Å². The summed E-state index contributed by atoms with van der Waals surface area (Å²) in [5.74, 6) is -6.62. The van der Waals surface area contributed by atoms with Crippen LogP contribution in [0.25, 0.3) is 0 Å². The van der Waals surface area contributed by atoms with E-state index in [9.17, 15) is 30.8 Å². The van der Waals surface area contributed by atoms with Crippen LogP contribution in [0.15, 0.2) is 22.8 Å². The molecule has 0 bridgehead atoms. The molecule has 11 heteroatoms. The van der Waals surface area contributed by atoms with E-state index in [4.69, 9.17) is 4.55 Å². The molecule has 0 saturated heterocycles. The number of carbonyl (C=O) groups is 1. The summed E-state index contributed by atoms with van der Waals surface area (Å²) >= 11 is 0. The first-order valence-corrected chi connectivity index (χ1v) is 6.36. The molecule has 0 aromatic carbocycles. The van der Waals surface area contributed by atoms with E-state index in [-0.39, 0.29) is 5.76 Å². The molecule has 1 N–H and O–H groups in total. The lowest BCUT2D eigenvalue weighted by Crippen LogP contribution is -2.47. The van der Waals surface area contributed by atoms with Crippen LogP contribution < -0.4 is 0 Å². The molecule has 114 valence electrons. The van der Waals surface area contributed by atoms with Crippen LogP contribution in [0.4, 0.5) is 17.6 Å². The number of halogens is 4. The molecule has 0 atom stereocenters. The number of alkyl halides is 4. The number of furan rings is 1. The Kier molecular flexibility index (Phi) is 4.44. The molecule has 0 aliphatic heterocycles. The van der Waals surface area contributed by atoms with Crippen LogP contribution in [0.2, 0.25) is 0 Å². The minimum atomic E-state index is -6.30. The lowest BCUT2D eigenvalue weighted by molar-refractivity contribution is -0.168. The summed E-state index contributed by atoms with van der Waals surface area (Å²) < 4.78 is 88.7. The summed E-state index contributed by atoms with van der Waals surface area (Å²) in [5, 5.41) is -5.68. The van der Waals surface area contributed by atoms with Crippen LogP contribution in [0, 0.1) is 0 Å². The Balaban J connectivity index is 2.63. The molecule has 1 heterocycles. The van der Waals surface area contributed by atoms with Gasteiger partial charge in [-0.05, 0) is 12.1 Å². The first-order valence-electron chi connectivity index (χ1n) is 4.92. The molecule has 0 fully saturated rings. The second kappa shape index (κ2) is 5.40. The summed E-state index contributed by atoms with van der Waals surface area (Å²) in [6, 6.07) is 2.45. The van der Waals surface area contributed by atoms with Gasteiger partial charge in [-0.3, -0.25) is 4.55 Å². The molecular formula is C9H8F4O6S. The SMILES string of the molecule is O=C(OCCC(F)(F)C(F)(F)S(=O)(=O)O)c1ccco1. The van der Waals surface area contributed by atoms with Crippen molar-refractivity contribution >= 4 is 16.1 Å². The summed E-state index contributed by atoms with van der Waals surface area (Å²) in [4.78, 5) is 11.1. The van der Waals surface area contributed by atoms with Crippen LogP contribution in [-0.4, -0.2) is 36.7 Å². The summed E-state index contributed by atoms with van der Waals surface area (Å²) in [6.07, 6.45) is -0.704. The van der Waals surface area contributed by atoms with Crippen molar-refractivity contribution in [2.75, 3.05) is 6.61 Å². The van der Waals surface area contributed by atoms with Crippen molar-refractivity contribution in [2.24, 2.45) is 0 Å². The van der Waals surface area contributed by atoms with Crippen molar-refractivity contribution < 1.29 is 44.5 Å². The van der Waals surface area contributed by atoms with E-state index in [1.807, 2.05) is 0 Å². The van der Waals surface area contributed by atoms with Gasteiger partial charge in [0.25, 0.3) is 0 Å². The fourth-order valence-electron chi connectivity index (χ4n) is 1.07. The van der Waals surface area contributed by atoms with Crippen LogP contribution in [0.3, 0.4) is 0 Å². The number of esters is 1. The molecule has 0 amide bonds. The predicted molar refractivity (Wildman–Crippen MR) is 55.1 cm³/mol. The van der Waals surface area contributed by atoms with E-state index in [1.54, 1.807) is 0 Å². The van der Waals surface area contributed by atoms with E-state index >= 15 is 0 Å². The van der Waals surface area contributed by atoms with Crippen molar-refractivity contribution in [2.45, 2.75) is 17.6 Å². The first kappa shape index (κ1) is 16.4. The van der Waals surface area contributed by atoms with Gasteiger partial charge in [0.1, 0.15) is 0 Å². The number of ether oxygens (including phenoxy) is 1. The van der Waals surface area contributed by atoms with E-state index in [2.05, 4.69) is 9.15 Å². The Morgan fingerprint density at radius 2 is 1.95 bits per heavy atom. The Bertz CT molecular complexity index is 565. The minimum absolute atomic E-state index is 0.338. The molecule has 0 spiro atoms. The number of carbonyl (C=O) groups excluding carboxylic acids is 1. The van der Waals surface area contributed by atoms with Crippen LogP contribution in [0.5, 0.6) is 0 Å². The van der Waals surface area contributed by atoms with Gasteiger partial charge >= 0.3 is 27.3 Å². The quantitative estimate of drug-likeness (QED) is 0.489. The maximum absolute atomic E-state index is 13.0. The zero-order valence-corrected chi connectivity index (χ0v) is 10.4. The summed E-state index contributed by atoms with van der Waals surface area (Å²) in [5.41, 5.74) is 0. The second-order valence-electron chi connectivity index (χ2n) is 3.56. The summed E-state index contributed by atoms with van der Waals surface area (Å²) in [6.45, 7) is -1.20. The maximum Gasteiger partial charge on any atom is 0.431 e. The molecule has 0 unspecified atom stereocenters. The van der Waals surface area contributed by atoms with Crippen molar-refractivity contribution in [3.8, 4) is 0 Å². The summed E-state index contributed by atoms with van der Waals surface area (Å²) in [7, 11) is -6.30. The van der Waals surface area contributed by atoms with Gasteiger partial charge in [0, 0.05) is 0 Å². The minimum Gasteiger partial charge on any atom is -0.460 e. The number of hydrogen-bond acceptors (Lipinski definition) is 5. The van der Waals surface area contributed by atoms with Gasteiger partial charge in [-0.2, -0.15) is 26.0 Å². The van der Waals surface area contributed by atoms with Gasteiger partial charge in [0.15, 0.2) is 0 Å². The van der Waals surface area contributed by atoms with Crippen molar-refractivity contribution in [3.63, 3.8) is 0 Å². The lowest BCUT2D eigenvalue weighted by Gasteiger charge is -2.23. The van der Waals surface area contributed by atoms with Crippen LogP contribution in [0.1, 0.15) is 17.0 Å². The van der Waals surface area contributed by atoms with Crippen LogP contribution >= 0.6 is 0 Å². The maximum atomic E-state index is 13.0. The molecule has 6 nitrogen and oxygen atoms in total. The Morgan fingerprint density at radius 1 is 1.35 bits per heavy atom. The topological polar surface area (TPSA) is 93.8 Å².